The number of fused-ring (bicyclic) bond motifs is 1. The zero-order valence-electron chi connectivity index (χ0n) is 8.18. The van der Waals surface area contributed by atoms with Crippen molar-refractivity contribution in [2.45, 2.75) is 25.7 Å². The molecule has 0 aliphatic heterocycles. The Morgan fingerprint density at radius 1 is 1.29 bits per heavy atom. The van der Waals surface area contributed by atoms with Crippen molar-refractivity contribution in [3.8, 4) is 0 Å². The minimum Gasteiger partial charge on any atom is -0.326 e. The number of benzene rings is 1. The lowest BCUT2D eigenvalue weighted by molar-refractivity contribution is -0.112. The fourth-order valence-corrected chi connectivity index (χ4v) is 2.05. The summed E-state index contributed by atoms with van der Waals surface area (Å²) in [5.41, 5.74) is 3.63. The van der Waals surface area contributed by atoms with Gasteiger partial charge in [0.2, 0.25) is 5.91 Å². The number of aryl methyl sites for hydroxylation is 1. The summed E-state index contributed by atoms with van der Waals surface area (Å²) in [6.45, 7) is 3.33. The first-order valence-electron chi connectivity index (χ1n) is 5.01. The third-order valence-corrected chi connectivity index (χ3v) is 2.67. The topological polar surface area (TPSA) is 29.1 Å². The number of rotatable bonds is 1. The zero-order chi connectivity index (χ0) is 9.97. The number of amides is 1. The Morgan fingerprint density at radius 3 is 2.86 bits per heavy atom. The molecule has 0 spiro atoms. The minimum absolute atomic E-state index is 0.232. The van der Waals surface area contributed by atoms with Crippen LogP contribution in [0.2, 0.25) is 0 Å². The summed E-state index contributed by atoms with van der Waals surface area (Å²) < 4.78 is 0. The fourth-order valence-electron chi connectivity index (χ4n) is 2.05. The molecule has 2 rings (SSSR count). The number of carbonyl (C=O) groups excluding carboxylic acids is 1. The minimum atomic E-state index is -0.232. The lowest BCUT2D eigenvalue weighted by Crippen LogP contribution is -2.12. The molecule has 1 aliphatic carbocycles. The first kappa shape index (κ1) is 9.25. The van der Waals surface area contributed by atoms with E-state index in [-0.39, 0.29) is 5.91 Å². The maximum Gasteiger partial charge on any atom is 0.224 e. The van der Waals surface area contributed by atoms with Crippen LogP contribution in [-0.4, -0.2) is 5.91 Å². The van der Waals surface area contributed by atoms with Crippen LogP contribution in [-0.2, 0) is 17.6 Å². The van der Waals surface area contributed by atoms with Crippen molar-refractivity contribution in [2.24, 2.45) is 0 Å². The van der Waals surface area contributed by atoms with Gasteiger partial charge in [0.1, 0.15) is 0 Å². The van der Waals surface area contributed by atoms with Gasteiger partial charge in [-0.2, -0.15) is 0 Å². The molecule has 0 fully saturated rings. The van der Waals surface area contributed by atoms with E-state index in [9.17, 15) is 4.79 Å². The monoisotopic (exact) mass is 188 g/mol. The number of nitrogens with one attached hydrogen (secondary N) is 1. The molecular weight excluding hydrogens is 174 g/mol. The average Bonchev–Trinajstić information content (AvgIpc) is 2.18. The Morgan fingerprint density at radius 2 is 2.07 bits per heavy atom. The molecule has 0 bridgehead atoms. The quantitative estimate of drug-likeness (QED) is 0.720. The third kappa shape index (κ3) is 1.79. The SMILES string of the molecule is [CH2]C(=O)Nc1cccc2c1CCCC2. The highest BCUT2D eigenvalue weighted by molar-refractivity contribution is 5.94. The van der Waals surface area contributed by atoms with Gasteiger partial charge in [0.25, 0.3) is 0 Å². The normalized spacial score (nSPS) is 14.6. The molecule has 0 saturated carbocycles. The molecule has 1 aliphatic rings. The molecule has 0 saturated heterocycles. The smallest absolute Gasteiger partial charge is 0.224 e. The molecule has 2 nitrogen and oxygen atoms in total. The van der Waals surface area contributed by atoms with Gasteiger partial charge in [-0.15, -0.1) is 0 Å². The summed E-state index contributed by atoms with van der Waals surface area (Å²) in [7, 11) is 0. The van der Waals surface area contributed by atoms with Crippen LogP contribution in [0.15, 0.2) is 18.2 Å². The van der Waals surface area contributed by atoms with Crippen molar-refractivity contribution in [1.82, 2.24) is 0 Å². The molecular formula is C12H14NO. The molecule has 1 radical (unpaired) electrons. The summed E-state index contributed by atoms with van der Waals surface area (Å²) in [5, 5.41) is 2.78. The van der Waals surface area contributed by atoms with Gasteiger partial charge in [0.05, 0.1) is 0 Å². The Balaban J connectivity index is 2.35. The Kier molecular flexibility index (Phi) is 2.53. The van der Waals surface area contributed by atoms with Gasteiger partial charge in [-0.1, -0.05) is 12.1 Å². The average molecular weight is 188 g/mol. The second-order valence-corrected chi connectivity index (χ2v) is 3.70. The lowest BCUT2D eigenvalue weighted by Gasteiger charge is -2.19. The molecule has 1 N–H and O–H groups in total. The largest absolute Gasteiger partial charge is 0.326 e. The summed E-state index contributed by atoms with van der Waals surface area (Å²) in [4.78, 5) is 10.9. The molecule has 2 heteroatoms. The summed E-state index contributed by atoms with van der Waals surface area (Å²) in [6, 6.07) is 6.09. The molecule has 1 aromatic rings. The van der Waals surface area contributed by atoms with Crippen LogP contribution >= 0.6 is 0 Å². The predicted molar refractivity (Wildman–Crippen MR) is 57.1 cm³/mol. The molecule has 14 heavy (non-hydrogen) atoms. The Bertz CT molecular complexity index is 357. The lowest BCUT2D eigenvalue weighted by atomic mass is 9.90. The van der Waals surface area contributed by atoms with Gasteiger partial charge in [-0.3, -0.25) is 4.79 Å². The van der Waals surface area contributed by atoms with E-state index in [0.717, 1.165) is 18.5 Å². The van der Waals surface area contributed by atoms with Crippen molar-refractivity contribution in [1.29, 1.82) is 0 Å². The van der Waals surface area contributed by atoms with Gasteiger partial charge in [0.15, 0.2) is 0 Å². The molecule has 73 valence electrons. The van der Waals surface area contributed by atoms with Crippen LogP contribution in [0.4, 0.5) is 5.69 Å². The summed E-state index contributed by atoms with van der Waals surface area (Å²) in [5.74, 6) is -0.232. The molecule has 0 atom stereocenters. The highest BCUT2D eigenvalue weighted by atomic mass is 16.1. The van der Waals surface area contributed by atoms with Crippen LogP contribution < -0.4 is 5.32 Å². The van der Waals surface area contributed by atoms with Gasteiger partial charge in [-0.05, 0) is 42.9 Å². The van der Waals surface area contributed by atoms with E-state index in [1.165, 1.54) is 24.0 Å². The van der Waals surface area contributed by atoms with E-state index in [1.807, 2.05) is 12.1 Å². The summed E-state index contributed by atoms with van der Waals surface area (Å²) >= 11 is 0. The van der Waals surface area contributed by atoms with Crippen molar-refractivity contribution in [2.75, 3.05) is 5.32 Å². The van der Waals surface area contributed by atoms with E-state index < -0.39 is 0 Å². The van der Waals surface area contributed by atoms with Crippen LogP contribution in [0.1, 0.15) is 24.0 Å². The number of hydrogen-bond donors (Lipinski definition) is 1. The Labute approximate surface area is 84.3 Å². The van der Waals surface area contributed by atoms with Gasteiger partial charge < -0.3 is 5.32 Å². The zero-order valence-corrected chi connectivity index (χ0v) is 8.18. The van der Waals surface area contributed by atoms with Crippen LogP contribution in [0.3, 0.4) is 0 Å². The van der Waals surface area contributed by atoms with Gasteiger partial charge in [0, 0.05) is 12.6 Å². The fraction of sp³-hybridized carbons (Fsp3) is 0.333. The van der Waals surface area contributed by atoms with Crippen LogP contribution in [0.5, 0.6) is 0 Å². The second kappa shape index (κ2) is 3.82. The molecule has 1 aromatic carbocycles. The molecule has 1 amide bonds. The van der Waals surface area contributed by atoms with Crippen molar-refractivity contribution >= 4 is 11.6 Å². The highest BCUT2D eigenvalue weighted by Crippen LogP contribution is 2.27. The van der Waals surface area contributed by atoms with Crippen LogP contribution in [0, 0.1) is 6.92 Å². The van der Waals surface area contributed by atoms with Gasteiger partial charge in [-0.25, -0.2) is 0 Å². The molecule has 0 heterocycles. The maximum atomic E-state index is 10.9. The van der Waals surface area contributed by atoms with Gasteiger partial charge >= 0.3 is 0 Å². The maximum absolute atomic E-state index is 10.9. The number of anilines is 1. The van der Waals surface area contributed by atoms with E-state index in [1.54, 1.807) is 0 Å². The first-order chi connectivity index (χ1) is 6.77. The standard InChI is InChI=1S/C12H14NO/c1-9(14)13-12-8-4-6-10-5-2-3-7-11(10)12/h4,6,8H,1-3,5,7H2,(H,13,14). The van der Waals surface area contributed by atoms with Crippen molar-refractivity contribution in [3.05, 3.63) is 36.2 Å². The summed E-state index contributed by atoms with van der Waals surface area (Å²) in [6.07, 6.45) is 4.69. The molecule has 0 unspecified atom stereocenters. The van der Waals surface area contributed by atoms with Crippen molar-refractivity contribution in [3.63, 3.8) is 0 Å². The van der Waals surface area contributed by atoms with Crippen LogP contribution in [0.25, 0.3) is 0 Å². The van der Waals surface area contributed by atoms with E-state index >= 15 is 0 Å². The Hall–Kier alpha value is -1.31. The first-order valence-corrected chi connectivity index (χ1v) is 5.01. The van der Waals surface area contributed by atoms with E-state index in [0.29, 0.717) is 0 Å². The highest BCUT2D eigenvalue weighted by Gasteiger charge is 2.12. The molecule has 0 aromatic heterocycles. The predicted octanol–water partition coefficient (Wildman–Crippen LogP) is 2.34. The third-order valence-electron chi connectivity index (χ3n) is 2.67. The number of carbonyl (C=O) groups is 1. The second-order valence-electron chi connectivity index (χ2n) is 3.70. The van der Waals surface area contributed by atoms with E-state index in [4.69, 9.17) is 0 Å². The van der Waals surface area contributed by atoms with E-state index in [2.05, 4.69) is 18.3 Å². The van der Waals surface area contributed by atoms with Crippen molar-refractivity contribution < 1.29 is 4.79 Å². The number of hydrogen-bond acceptors (Lipinski definition) is 1.